The Hall–Kier alpha value is -1.35. The zero-order valence-corrected chi connectivity index (χ0v) is 11.9. The first-order valence-corrected chi connectivity index (χ1v) is 6.83. The van der Waals surface area contributed by atoms with E-state index in [1.807, 2.05) is 12.1 Å². The highest BCUT2D eigenvalue weighted by Gasteiger charge is 2.15. The standard InChI is InChI=1S/C15H15BrO2/c1-2-18-15(17)5-3-4-11-6-7-12-10-13(16)8-9-14(11)12/h3-5,8-10H,2,6-7H2,1H3. The lowest BCUT2D eigenvalue weighted by atomic mass is 10.1. The summed E-state index contributed by atoms with van der Waals surface area (Å²) in [5.41, 5.74) is 3.92. The third-order valence-corrected chi connectivity index (χ3v) is 3.39. The van der Waals surface area contributed by atoms with Crippen LogP contribution in [0.4, 0.5) is 0 Å². The van der Waals surface area contributed by atoms with E-state index in [-0.39, 0.29) is 5.97 Å². The van der Waals surface area contributed by atoms with Gasteiger partial charge in [0.25, 0.3) is 0 Å². The van der Waals surface area contributed by atoms with Gasteiger partial charge in [0.1, 0.15) is 0 Å². The van der Waals surface area contributed by atoms with E-state index < -0.39 is 0 Å². The quantitative estimate of drug-likeness (QED) is 0.625. The van der Waals surface area contributed by atoms with Crippen LogP contribution in [-0.4, -0.2) is 12.6 Å². The Morgan fingerprint density at radius 2 is 2.28 bits per heavy atom. The van der Waals surface area contributed by atoms with E-state index in [9.17, 15) is 4.79 Å². The molecule has 1 aliphatic rings. The van der Waals surface area contributed by atoms with Crippen LogP contribution in [0.25, 0.3) is 5.57 Å². The molecule has 0 atom stereocenters. The molecule has 1 aliphatic carbocycles. The van der Waals surface area contributed by atoms with Crippen molar-refractivity contribution in [2.45, 2.75) is 19.8 Å². The molecule has 0 amide bonds. The maximum atomic E-state index is 11.2. The van der Waals surface area contributed by atoms with Crippen molar-refractivity contribution in [3.63, 3.8) is 0 Å². The number of aryl methyl sites for hydroxylation is 1. The van der Waals surface area contributed by atoms with Gasteiger partial charge in [-0.1, -0.05) is 34.1 Å². The molecule has 0 bridgehead atoms. The van der Waals surface area contributed by atoms with Crippen LogP contribution >= 0.6 is 15.9 Å². The van der Waals surface area contributed by atoms with Crippen LogP contribution in [-0.2, 0) is 16.0 Å². The van der Waals surface area contributed by atoms with Crippen molar-refractivity contribution in [2.75, 3.05) is 6.61 Å². The summed E-state index contributed by atoms with van der Waals surface area (Å²) in [4.78, 5) is 11.2. The fourth-order valence-electron chi connectivity index (χ4n) is 2.09. The minimum atomic E-state index is -0.289. The summed E-state index contributed by atoms with van der Waals surface area (Å²) in [6, 6.07) is 6.33. The Morgan fingerprint density at radius 3 is 3.06 bits per heavy atom. The summed E-state index contributed by atoms with van der Waals surface area (Å²) < 4.78 is 5.95. The molecule has 2 rings (SSSR count). The largest absolute Gasteiger partial charge is 0.463 e. The lowest BCUT2D eigenvalue weighted by Crippen LogP contribution is -1.98. The highest BCUT2D eigenvalue weighted by molar-refractivity contribution is 9.10. The van der Waals surface area contributed by atoms with Crippen LogP contribution in [0.15, 0.2) is 40.9 Å². The number of rotatable bonds is 3. The zero-order valence-electron chi connectivity index (χ0n) is 10.3. The van der Waals surface area contributed by atoms with Gasteiger partial charge in [-0.15, -0.1) is 0 Å². The first kappa shape index (κ1) is 13.1. The fourth-order valence-corrected chi connectivity index (χ4v) is 2.50. The Balaban J connectivity index is 2.11. The van der Waals surface area contributed by atoms with E-state index in [4.69, 9.17) is 4.74 Å². The smallest absolute Gasteiger partial charge is 0.330 e. The Morgan fingerprint density at radius 1 is 1.44 bits per heavy atom. The van der Waals surface area contributed by atoms with Gasteiger partial charge in [0.05, 0.1) is 6.61 Å². The Bertz CT molecular complexity index is 515. The van der Waals surface area contributed by atoms with Crippen molar-refractivity contribution in [2.24, 2.45) is 0 Å². The van der Waals surface area contributed by atoms with Gasteiger partial charge in [-0.3, -0.25) is 0 Å². The summed E-state index contributed by atoms with van der Waals surface area (Å²) in [6.45, 7) is 2.21. The van der Waals surface area contributed by atoms with E-state index in [1.165, 1.54) is 22.8 Å². The van der Waals surface area contributed by atoms with Gasteiger partial charge in [-0.25, -0.2) is 4.79 Å². The molecular formula is C15H15BrO2. The van der Waals surface area contributed by atoms with Crippen LogP contribution in [0, 0.1) is 0 Å². The molecule has 1 aromatic rings. The van der Waals surface area contributed by atoms with Crippen molar-refractivity contribution < 1.29 is 9.53 Å². The first-order valence-electron chi connectivity index (χ1n) is 6.03. The molecule has 0 heterocycles. The number of hydrogen-bond acceptors (Lipinski definition) is 2. The molecule has 94 valence electrons. The number of halogens is 1. The van der Waals surface area contributed by atoms with E-state index in [0.717, 1.165) is 17.3 Å². The minimum absolute atomic E-state index is 0.289. The van der Waals surface area contributed by atoms with Gasteiger partial charge < -0.3 is 4.74 Å². The highest BCUT2D eigenvalue weighted by Crippen LogP contribution is 2.33. The summed E-state index contributed by atoms with van der Waals surface area (Å²) >= 11 is 3.48. The molecule has 0 saturated carbocycles. The van der Waals surface area contributed by atoms with Crippen LogP contribution in [0.2, 0.25) is 0 Å². The topological polar surface area (TPSA) is 26.3 Å². The van der Waals surface area contributed by atoms with Gasteiger partial charge in [0.2, 0.25) is 0 Å². The number of benzene rings is 1. The van der Waals surface area contributed by atoms with Crippen LogP contribution in [0.1, 0.15) is 24.5 Å². The van der Waals surface area contributed by atoms with Crippen LogP contribution < -0.4 is 0 Å². The molecule has 0 aliphatic heterocycles. The van der Waals surface area contributed by atoms with Gasteiger partial charge in [-0.05, 0) is 48.6 Å². The number of esters is 1. The molecule has 0 spiro atoms. The second kappa shape index (κ2) is 6.01. The van der Waals surface area contributed by atoms with Crippen molar-refractivity contribution in [3.8, 4) is 0 Å². The van der Waals surface area contributed by atoms with Crippen molar-refractivity contribution in [3.05, 3.63) is 52.0 Å². The Labute approximate surface area is 115 Å². The van der Waals surface area contributed by atoms with E-state index >= 15 is 0 Å². The van der Waals surface area contributed by atoms with Gasteiger partial charge >= 0.3 is 5.97 Å². The van der Waals surface area contributed by atoms with E-state index in [2.05, 4.69) is 28.1 Å². The molecule has 18 heavy (non-hydrogen) atoms. The second-order valence-electron chi connectivity index (χ2n) is 4.10. The number of carbonyl (C=O) groups excluding carboxylic acids is 1. The molecule has 3 heteroatoms. The van der Waals surface area contributed by atoms with E-state index in [0.29, 0.717) is 6.61 Å². The number of fused-ring (bicyclic) bond motifs is 1. The average Bonchev–Trinajstić information content (AvgIpc) is 2.72. The zero-order chi connectivity index (χ0) is 13.0. The normalized spacial score (nSPS) is 16.2. The monoisotopic (exact) mass is 306 g/mol. The SMILES string of the molecule is CCOC(=O)C=CC=C1CCc2cc(Br)ccc21. The van der Waals surface area contributed by atoms with Gasteiger partial charge in [0, 0.05) is 10.5 Å². The molecule has 0 fully saturated rings. The molecule has 2 nitrogen and oxygen atoms in total. The predicted octanol–water partition coefficient (Wildman–Crippen LogP) is 3.90. The maximum Gasteiger partial charge on any atom is 0.330 e. The third-order valence-electron chi connectivity index (χ3n) is 2.89. The molecule has 0 unspecified atom stereocenters. The average molecular weight is 307 g/mol. The molecule has 0 aromatic heterocycles. The molecular weight excluding hydrogens is 292 g/mol. The summed E-state index contributed by atoms with van der Waals surface area (Å²) in [5, 5.41) is 0. The summed E-state index contributed by atoms with van der Waals surface area (Å²) in [6.07, 6.45) is 7.32. The fraction of sp³-hybridized carbons (Fsp3) is 0.267. The van der Waals surface area contributed by atoms with Crippen LogP contribution in [0.5, 0.6) is 0 Å². The van der Waals surface area contributed by atoms with Gasteiger partial charge in [-0.2, -0.15) is 0 Å². The summed E-state index contributed by atoms with van der Waals surface area (Å²) in [5.74, 6) is -0.289. The second-order valence-corrected chi connectivity index (χ2v) is 5.02. The molecule has 0 N–H and O–H groups in total. The lowest BCUT2D eigenvalue weighted by molar-refractivity contribution is -0.137. The summed E-state index contributed by atoms with van der Waals surface area (Å²) in [7, 11) is 0. The van der Waals surface area contributed by atoms with Gasteiger partial charge in [0.15, 0.2) is 0 Å². The lowest BCUT2D eigenvalue weighted by Gasteiger charge is -2.00. The number of carbonyl (C=O) groups is 1. The third kappa shape index (κ3) is 3.10. The maximum absolute atomic E-state index is 11.2. The van der Waals surface area contributed by atoms with E-state index in [1.54, 1.807) is 13.0 Å². The molecule has 1 aromatic carbocycles. The highest BCUT2D eigenvalue weighted by atomic mass is 79.9. The predicted molar refractivity (Wildman–Crippen MR) is 76.2 cm³/mol. The first-order chi connectivity index (χ1) is 8.70. The minimum Gasteiger partial charge on any atom is -0.463 e. The number of ether oxygens (including phenoxy) is 1. The molecule has 0 radical (unpaired) electrons. The molecule has 0 saturated heterocycles. The van der Waals surface area contributed by atoms with Crippen molar-refractivity contribution >= 4 is 27.5 Å². The van der Waals surface area contributed by atoms with Crippen LogP contribution in [0.3, 0.4) is 0 Å². The van der Waals surface area contributed by atoms with Crippen molar-refractivity contribution in [1.82, 2.24) is 0 Å². The number of allylic oxidation sites excluding steroid dienone is 3. The number of hydrogen-bond donors (Lipinski definition) is 0. The Kier molecular flexibility index (Phi) is 4.37. The van der Waals surface area contributed by atoms with Crippen molar-refractivity contribution in [1.29, 1.82) is 0 Å².